The molecule has 6 aromatic carbocycles. The Morgan fingerprint density at radius 3 is 1.88 bits per heavy atom. The molecule has 2 aromatic heterocycles. The Labute approximate surface area is 195 Å². The van der Waals surface area contributed by atoms with E-state index in [0.29, 0.717) is 0 Å². The summed E-state index contributed by atoms with van der Waals surface area (Å²) in [5, 5.41) is 10.2. The molecule has 0 aliphatic carbocycles. The van der Waals surface area contributed by atoms with E-state index in [2.05, 4.69) is 119 Å². The van der Waals surface area contributed by atoms with Gasteiger partial charge in [0.2, 0.25) is 0 Å². The van der Waals surface area contributed by atoms with Crippen LogP contribution in [0.4, 0.5) is 0 Å². The SMILES string of the molecule is c1ccc(-c2ccc3c(c2)[nH]c2c3c3ccccc3c3ccc4c5ccccc5[nH]c4c32)cc1. The van der Waals surface area contributed by atoms with Gasteiger partial charge in [-0.1, -0.05) is 97.1 Å². The minimum atomic E-state index is 1.17. The van der Waals surface area contributed by atoms with Crippen LogP contribution in [0.25, 0.3) is 76.3 Å². The summed E-state index contributed by atoms with van der Waals surface area (Å²) in [5.74, 6) is 0. The van der Waals surface area contributed by atoms with Crippen LogP contribution in [-0.2, 0) is 0 Å². The molecule has 2 N–H and O–H groups in total. The number of benzene rings is 6. The van der Waals surface area contributed by atoms with Crippen molar-refractivity contribution in [2.75, 3.05) is 0 Å². The maximum Gasteiger partial charge on any atom is 0.0572 e. The van der Waals surface area contributed by atoms with Crippen molar-refractivity contribution in [2.24, 2.45) is 0 Å². The topological polar surface area (TPSA) is 31.6 Å². The van der Waals surface area contributed by atoms with E-state index in [4.69, 9.17) is 0 Å². The molecule has 0 saturated heterocycles. The highest BCUT2D eigenvalue weighted by Gasteiger charge is 2.17. The van der Waals surface area contributed by atoms with Gasteiger partial charge < -0.3 is 9.97 Å². The highest BCUT2D eigenvalue weighted by molar-refractivity contribution is 6.36. The van der Waals surface area contributed by atoms with E-state index >= 15 is 0 Å². The Kier molecular flexibility index (Phi) is 3.42. The molecule has 0 aliphatic heterocycles. The van der Waals surface area contributed by atoms with E-state index in [0.717, 1.165) is 0 Å². The maximum atomic E-state index is 3.84. The van der Waals surface area contributed by atoms with Gasteiger partial charge in [0, 0.05) is 38.0 Å². The second-order valence-electron chi connectivity index (χ2n) is 9.13. The molecule has 0 atom stereocenters. The van der Waals surface area contributed by atoms with Crippen LogP contribution >= 0.6 is 0 Å². The molecule has 0 radical (unpaired) electrons. The lowest BCUT2D eigenvalue weighted by Crippen LogP contribution is -1.83. The van der Waals surface area contributed by atoms with Crippen molar-refractivity contribution in [2.45, 2.75) is 0 Å². The fourth-order valence-corrected chi connectivity index (χ4v) is 5.81. The van der Waals surface area contributed by atoms with Crippen molar-refractivity contribution in [3.05, 3.63) is 109 Å². The van der Waals surface area contributed by atoms with E-state index in [1.165, 1.54) is 76.3 Å². The average Bonchev–Trinajstić information content (AvgIpc) is 3.47. The summed E-state index contributed by atoms with van der Waals surface area (Å²) in [6.07, 6.45) is 0. The Bertz CT molecular complexity index is 2060. The normalized spacial score (nSPS) is 12.1. The van der Waals surface area contributed by atoms with Gasteiger partial charge >= 0.3 is 0 Å². The van der Waals surface area contributed by atoms with Crippen molar-refractivity contribution in [1.29, 1.82) is 0 Å². The molecular formula is C32H20N2. The maximum absolute atomic E-state index is 3.84. The summed E-state index contributed by atoms with van der Waals surface area (Å²) in [6, 6.07) is 39.3. The largest absolute Gasteiger partial charge is 0.354 e. The number of para-hydroxylation sites is 1. The fourth-order valence-electron chi connectivity index (χ4n) is 5.81. The molecule has 2 heteroatoms. The van der Waals surface area contributed by atoms with E-state index < -0.39 is 0 Å². The third-order valence-corrected chi connectivity index (χ3v) is 7.32. The predicted molar refractivity (Wildman–Crippen MR) is 146 cm³/mol. The molecule has 2 heterocycles. The van der Waals surface area contributed by atoms with E-state index in [1.54, 1.807) is 0 Å². The predicted octanol–water partition coefficient (Wildman–Crippen LogP) is 8.93. The van der Waals surface area contributed by atoms with Gasteiger partial charge in [-0.2, -0.15) is 0 Å². The zero-order valence-electron chi connectivity index (χ0n) is 18.4. The van der Waals surface area contributed by atoms with Gasteiger partial charge in [0.1, 0.15) is 0 Å². The minimum absolute atomic E-state index is 1.17. The molecule has 0 amide bonds. The first-order chi connectivity index (χ1) is 16.9. The second kappa shape index (κ2) is 6.49. The van der Waals surface area contributed by atoms with Gasteiger partial charge in [-0.25, -0.2) is 0 Å². The monoisotopic (exact) mass is 432 g/mol. The van der Waals surface area contributed by atoms with E-state index in [-0.39, 0.29) is 0 Å². The number of fused-ring (bicyclic) bond motifs is 12. The number of hydrogen-bond donors (Lipinski definition) is 2. The third-order valence-electron chi connectivity index (χ3n) is 7.32. The molecule has 158 valence electrons. The van der Waals surface area contributed by atoms with Crippen molar-refractivity contribution < 1.29 is 0 Å². The zero-order valence-corrected chi connectivity index (χ0v) is 18.4. The Balaban J connectivity index is 1.60. The van der Waals surface area contributed by atoms with Crippen LogP contribution in [0.1, 0.15) is 0 Å². The Hall–Kier alpha value is -4.56. The number of aromatic nitrogens is 2. The van der Waals surface area contributed by atoms with Gasteiger partial charge in [0.15, 0.2) is 0 Å². The lowest BCUT2D eigenvalue weighted by Gasteiger charge is -2.08. The smallest absolute Gasteiger partial charge is 0.0572 e. The quantitative estimate of drug-likeness (QED) is 0.243. The van der Waals surface area contributed by atoms with Crippen LogP contribution in [0.3, 0.4) is 0 Å². The molecule has 0 saturated carbocycles. The molecular weight excluding hydrogens is 412 g/mol. The summed E-state index contributed by atoms with van der Waals surface area (Å²) in [5.41, 5.74) is 7.20. The summed E-state index contributed by atoms with van der Waals surface area (Å²) >= 11 is 0. The number of H-pyrrole nitrogens is 2. The van der Waals surface area contributed by atoms with Gasteiger partial charge in [-0.15, -0.1) is 0 Å². The van der Waals surface area contributed by atoms with Crippen molar-refractivity contribution in [3.63, 3.8) is 0 Å². The highest BCUT2D eigenvalue weighted by atomic mass is 14.7. The van der Waals surface area contributed by atoms with Crippen molar-refractivity contribution in [1.82, 2.24) is 9.97 Å². The first-order valence-electron chi connectivity index (χ1n) is 11.7. The Morgan fingerprint density at radius 1 is 0.353 bits per heavy atom. The van der Waals surface area contributed by atoms with Crippen LogP contribution in [0.2, 0.25) is 0 Å². The fraction of sp³-hybridized carbons (Fsp3) is 0. The van der Waals surface area contributed by atoms with Crippen LogP contribution in [0.15, 0.2) is 109 Å². The number of nitrogens with one attached hydrogen (secondary N) is 2. The first kappa shape index (κ1) is 17.9. The summed E-state index contributed by atoms with van der Waals surface area (Å²) in [4.78, 5) is 7.58. The molecule has 2 nitrogen and oxygen atoms in total. The summed E-state index contributed by atoms with van der Waals surface area (Å²) < 4.78 is 0. The molecule has 0 bridgehead atoms. The third kappa shape index (κ3) is 2.29. The van der Waals surface area contributed by atoms with Crippen LogP contribution in [-0.4, -0.2) is 9.97 Å². The van der Waals surface area contributed by atoms with Crippen molar-refractivity contribution in [3.8, 4) is 11.1 Å². The second-order valence-corrected chi connectivity index (χ2v) is 9.13. The molecule has 0 unspecified atom stereocenters. The molecule has 8 rings (SSSR count). The number of aromatic amines is 2. The standard InChI is InChI=1S/C32H20N2/c1-2-8-19(9-3-1)20-14-15-26-28(18-20)34-32-29(26)23-12-5-4-10-21(23)24-16-17-25-22-11-6-7-13-27(22)33-31(25)30(24)32/h1-18,33-34H. The highest BCUT2D eigenvalue weighted by Crippen LogP contribution is 2.43. The van der Waals surface area contributed by atoms with Crippen LogP contribution < -0.4 is 0 Å². The average molecular weight is 433 g/mol. The molecule has 34 heavy (non-hydrogen) atoms. The molecule has 0 spiro atoms. The van der Waals surface area contributed by atoms with Gasteiger partial charge in [-0.3, -0.25) is 0 Å². The summed E-state index contributed by atoms with van der Waals surface area (Å²) in [6.45, 7) is 0. The van der Waals surface area contributed by atoms with Crippen LogP contribution in [0, 0.1) is 0 Å². The summed E-state index contributed by atoms with van der Waals surface area (Å²) in [7, 11) is 0. The lowest BCUT2D eigenvalue weighted by atomic mass is 9.95. The van der Waals surface area contributed by atoms with Gasteiger partial charge in [0.25, 0.3) is 0 Å². The van der Waals surface area contributed by atoms with Gasteiger partial charge in [0.05, 0.1) is 11.0 Å². The zero-order chi connectivity index (χ0) is 22.2. The lowest BCUT2D eigenvalue weighted by molar-refractivity contribution is 1.54. The number of rotatable bonds is 1. The van der Waals surface area contributed by atoms with E-state index in [1.807, 2.05) is 0 Å². The Morgan fingerprint density at radius 2 is 1.00 bits per heavy atom. The molecule has 0 fully saturated rings. The van der Waals surface area contributed by atoms with E-state index in [9.17, 15) is 0 Å². The van der Waals surface area contributed by atoms with Crippen molar-refractivity contribution >= 4 is 65.2 Å². The van der Waals surface area contributed by atoms with Crippen LogP contribution in [0.5, 0.6) is 0 Å². The number of hydrogen-bond acceptors (Lipinski definition) is 0. The molecule has 0 aliphatic rings. The first-order valence-corrected chi connectivity index (χ1v) is 11.7. The van der Waals surface area contributed by atoms with Gasteiger partial charge in [-0.05, 0) is 39.4 Å². The molecule has 8 aromatic rings. The minimum Gasteiger partial charge on any atom is -0.354 e.